The Kier molecular flexibility index (Phi) is 4.85. The Balaban J connectivity index is 3.01. The largest absolute Gasteiger partial charge is 0.486 e. The van der Waals surface area contributed by atoms with E-state index in [-0.39, 0.29) is 17.9 Å². The molecule has 114 valence electrons. The average molecular weight is 296 g/mol. The number of carbonyl (C=O) groups excluding carboxylic acids is 2. The number of esters is 1. The minimum absolute atomic E-state index is 0.00118. The maximum absolute atomic E-state index is 11.5. The summed E-state index contributed by atoms with van der Waals surface area (Å²) in [5.41, 5.74) is 3.71. The number of carbonyl (C=O) groups is 2. The summed E-state index contributed by atoms with van der Waals surface area (Å²) < 4.78 is 9.94. The minimum atomic E-state index is -0.967. The summed E-state index contributed by atoms with van der Waals surface area (Å²) in [4.78, 5) is 32.9. The smallest absolute Gasteiger partial charge is 0.314 e. The number of hydrogen-bond donors (Lipinski definition) is 1. The number of nitro benzene ring substituents is 1. The van der Waals surface area contributed by atoms with Crippen molar-refractivity contribution in [1.82, 2.24) is 0 Å². The number of amides is 1. The van der Waals surface area contributed by atoms with E-state index in [1.165, 1.54) is 19.2 Å². The molecule has 1 rings (SSSR count). The van der Waals surface area contributed by atoms with Crippen LogP contribution in [-0.2, 0) is 9.53 Å². The number of primary amides is 1. The summed E-state index contributed by atoms with van der Waals surface area (Å²) in [7, 11) is 1.24. The second-order valence-corrected chi connectivity index (χ2v) is 4.97. The molecule has 0 saturated heterocycles. The molecule has 8 heteroatoms. The highest BCUT2D eigenvalue weighted by Crippen LogP contribution is 2.30. The number of rotatable bonds is 6. The van der Waals surface area contributed by atoms with Crippen molar-refractivity contribution < 1.29 is 24.0 Å². The monoisotopic (exact) mass is 296 g/mol. The van der Waals surface area contributed by atoms with Crippen molar-refractivity contribution in [2.24, 2.45) is 11.1 Å². The van der Waals surface area contributed by atoms with Crippen LogP contribution in [0, 0.1) is 15.5 Å². The molecule has 2 N–H and O–H groups in total. The van der Waals surface area contributed by atoms with Gasteiger partial charge in [-0.05, 0) is 26.0 Å². The topological polar surface area (TPSA) is 122 Å². The predicted octanol–water partition coefficient (Wildman–Crippen LogP) is 1.27. The van der Waals surface area contributed by atoms with Crippen molar-refractivity contribution in [3.63, 3.8) is 0 Å². The van der Waals surface area contributed by atoms with Gasteiger partial charge in [0.1, 0.15) is 6.61 Å². The number of hydrogen-bond acceptors (Lipinski definition) is 6. The minimum Gasteiger partial charge on any atom is -0.486 e. The quantitative estimate of drug-likeness (QED) is 0.479. The van der Waals surface area contributed by atoms with E-state index in [1.54, 1.807) is 13.8 Å². The first kappa shape index (κ1) is 16.4. The Morgan fingerprint density at radius 3 is 2.48 bits per heavy atom. The molecule has 0 aromatic heterocycles. The Morgan fingerprint density at radius 1 is 1.38 bits per heavy atom. The van der Waals surface area contributed by atoms with Crippen LogP contribution in [0.15, 0.2) is 18.2 Å². The van der Waals surface area contributed by atoms with Gasteiger partial charge >= 0.3 is 11.7 Å². The summed E-state index contributed by atoms with van der Waals surface area (Å²) in [6.45, 7) is 3.06. The van der Waals surface area contributed by atoms with Gasteiger partial charge in [-0.1, -0.05) is 0 Å². The van der Waals surface area contributed by atoms with Gasteiger partial charge in [0.15, 0.2) is 5.75 Å². The van der Waals surface area contributed by atoms with Crippen molar-refractivity contribution in [3.05, 3.63) is 33.9 Å². The van der Waals surface area contributed by atoms with Crippen LogP contribution in [0.2, 0.25) is 0 Å². The van der Waals surface area contributed by atoms with E-state index < -0.39 is 27.9 Å². The van der Waals surface area contributed by atoms with Gasteiger partial charge in [-0.2, -0.15) is 0 Å². The highest BCUT2D eigenvalue weighted by Gasteiger charge is 2.31. The second-order valence-electron chi connectivity index (χ2n) is 4.97. The zero-order chi connectivity index (χ0) is 16.2. The molecule has 0 aliphatic carbocycles. The molecule has 21 heavy (non-hydrogen) atoms. The first-order valence-electron chi connectivity index (χ1n) is 5.98. The van der Waals surface area contributed by atoms with Crippen LogP contribution in [0.5, 0.6) is 5.75 Å². The fraction of sp³-hybridized carbons (Fsp3) is 0.385. The van der Waals surface area contributed by atoms with Gasteiger partial charge in [0, 0.05) is 11.6 Å². The third-order valence-electron chi connectivity index (χ3n) is 2.77. The molecule has 0 radical (unpaired) electrons. The number of nitrogens with two attached hydrogens (primary N) is 1. The molecule has 8 nitrogen and oxygen atoms in total. The fourth-order valence-electron chi connectivity index (χ4n) is 1.53. The highest BCUT2D eigenvalue weighted by molar-refractivity contribution is 5.93. The molecular weight excluding hydrogens is 280 g/mol. The standard InChI is InChI=1S/C13H16N2O6/c1-13(2,12(17)20-3)7-21-10-5-4-8(11(14)16)6-9(10)15(18)19/h4-6H,7H2,1-3H3,(H2,14,16). The zero-order valence-electron chi connectivity index (χ0n) is 11.9. The van der Waals surface area contributed by atoms with Crippen molar-refractivity contribution in [2.75, 3.05) is 13.7 Å². The summed E-state index contributed by atoms with van der Waals surface area (Å²) in [5, 5.41) is 11.0. The molecule has 0 saturated carbocycles. The summed E-state index contributed by atoms with van der Waals surface area (Å²) in [5.74, 6) is -1.33. The molecule has 0 bridgehead atoms. The van der Waals surface area contributed by atoms with Crippen LogP contribution in [0.3, 0.4) is 0 Å². The van der Waals surface area contributed by atoms with Crippen LogP contribution in [-0.4, -0.2) is 30.5 Å². The van der Waals surface area contributed by atoms with Crippen LogP contribution < -0.4 is 10.5 Å². The Hall–Kier alpha value is -2.64. The molecule has 0 heterocycles. The first-order chi connectivity index (χ1) is 9.69. The van der Waals surface area contributed by atoms with Gasteiger partial charge in [0.25, 0.3) is 0 Å². The third-order valence-corrected chi connectivity index (χ3v) is 2.77. The van der Waals surface area contributed by atoms with Gasteiger partial charge < -0.3 is 15.2 Å². The molecule has 0 spiro atoms. The Bertz CT molecular complexity index is 582. The van der Waals surface area contributed by atoms with E-state index in [4.69, 9.17) is 10.5 Å². The van der Waals surface area contributed by atoms with Crippen molar-refractivity contribution in [3.8, 4) is 5.75 Å². The molecule has 1 amide bonds. The number of ether oxygens (including phenoxy) is 2. The van der Waals surface area contributed by atoms with E-state index in [0.29, 0.717) is 0 Å². The molecule has 1 aromatic rings. The summed E-state index contributed by atoms with van der Waals surface area (Å²) in [6, 6.07) is 3.62. The lowest BCUT2D eigenvalue weighted by molar-refractivity contribution is -0.386. The van der Waals surface area contributed by atoms with Gasteiger partial charge in [-0.15, -0.1) is 0 Å². The van der Waals surface area contributed by atoms with Crippen molar-refractivity contribution in [2.45, 2.75) is 13.8 Å². The second kappa shape index (κ2) is 6.21. The van der Waals surface area contributed by atoms with Crippen molar-refractivity contribution >= 4 is 17.6 Å². The summed E-state index contributed by atoms with van der Waals surface area (Å²) in [6.07, 6.45) is 0. The predicted molar refractivity (Wildman–Crippen MR) is 72.9 cm³/mol. The van der Waals surface area contributed by atoms with E-state index >= 15 is 0 Å². The molecule has 0 atom stereocenters. The first-order valence-corrected chi connectivity index (χ1v) is 5.98. The van der Waals surface area contributed by atoms with E-state index in [1.807, 2.05) is 0 Å². The van der Waals surface area contributed by atoms with Crippen LogP contribution in [0.4, 0.5) is 5.69 Å². The lowest BCUT2D eigenvalue weighted by Crippen LogP contribution is -2.32. The molecule has 0 unspecified atom stereocenters. The van der Waals surface area contributed by atoms with Crippen LogP contribution in [0.1, 0.15) is 24.2 Å². The van der Waals surface area contributed by atoms with Gasteiger partial charge in [-0.25, -0.2) is 0 Å². The molecule has 0 fully saturated rings. The Morgan fingerprint density at radius 2 is 2.00 bits per heavy atom. The van der Waals surface area contributed by atoms with Crippen LogP contribution in [0.25, 0.3) is 0 Å². The normalized spacial score (nSPS) is 10.8. The molecular formula is C13H16N2O6. The Labute approximate surface area is 121 Å². The van der Waals surface area contributed by atoms with E-state index in [2.05, 4.69) is 4.74 Å². The van der Waals surface area contributed by atoms with Crippen molar-refractivity contribution in [1.29, 1.82) is 0 Å². The average Bonchev–Trinajstić information content (AvgIpc) is 2.43. The number of benzene rings is 1. The number of nitrogens with zero attached hydrogens (tertiary/aromatic N) is 1. The SMILES string of the molecule is COC(=O)C(C)(C)COc1ccc(C(N)=O)cc1[N+](=O)[O-]. The molecule has 0 aliphatic heterocycles. The van der Waals surface area contributed by atoms with Gasteiger partial charge in [0.2, 0.25) is 5.91 Å². The maximum atomic E-state index is 11.5. The lowest BCUT2D eigenvalue weighted by atomic mass is 9.95. The third kappa shape index (κ3) is 3.91. The molecule has 1 aromatic carbocycles. The zero-order valence-corrected chi connectivity index (χ0v) is 11.9. The van der Waals surface area contributed by atoms with E-state index in [0.717, 1.165) is 6.07 Å². The fourth-order valence-corrected chi connectivity index (χ4v) is 1.53. The lowest BCUT2D eigenvalue weighted by Gasteiger charge is -2.21. The number of methoxy groups -OCH3 is 1. The number of nitro groups is 1. The maximum Gasteiger partial charge on any atom is 0.314 e. The van der Waals surface area contributed by atoms with Crippen LogP contribution >= 0.6 is 0 Å². The molecule has 0 aliphatic rings. The summed E-state index contributed by atoms with van der Waals surface area (Å²) >= 11 is 0. The highest BCUT2D eigenvalue weighted by atomic mass is 16.6. The van der Waals surface area contributed by atoms with Gasteiger partial charge in [0.05, 0.1) is 17.4 Å². The van der Waals surface area contributed by atoms with E-state index in [9.17, 15) is 19.7 Å². The van der Waals surface area contributed by atoms with Gasteiger partial charge in [-0.3, -0.25) is 19.7 Å².